The molecule has 1 aliphatic heterocycles. The summed E-state index contributed by atoms with van der Waals surface area (Å²) in [6.07, 6.45) is 0.665. The molecule has 1 fully saturated rings. The maximum Gasteiger partial charge on any atom is 0.270 e. The van der Waals surface area contributed by atoms with Crippen LogP contribution in [0.4, 0.5) is 0 Å². The van der Waals surface area contributed by atoms with Crippen molar-refractivity contribution >= 4 is 16.9 Å². The van der Waals surface area contributed by atoms with Gasteiger partial charge in [0.2, 0.25) is 5.91 Å². The minimum Gasteiger partial charge on any atom is -0.375 e. The Morgan fingerprint density at radius 2 is 2.17 bits per heavy atom. The Labute approximate surface area is 134 Å². The highest BCUT2D eigenvalue weighted by Gasteiger charge is 2.28. The fourth-order valence-corrected chi connectivity index (χ4v) is 2.89. The number of aromatic nitrogens is 2. The molecule has 1 amide bonds. The van der Waals surface area contributed by atoms with Crippen LogP contribution in [0.3, 0.4) is 0 Å². The lowest BCUT2D eigenvalue weighted by Gasteiger charge is -2.37. The molecule has 3 rings (SSSR count). The van der Waals surface area contributed by atoms with Crippen LogP contribution in [-0.2, 0) is 16.0 Å². The number of aromatic amines is 1. The molecule has 2 unspecified atom stereocenters. The van der Waals surface area contributed by atoms with Crippen LogP contribution in [0.2, 0.25) is 0 Å². The van der Waals surface area contributed by atoms with Crippen molar-refractivity contribution in [1.82, 2.24) is 14.9 Å². The number of nitrogens with one attached hydrogen (secondary N) is 1. The largest absolute Gasteiger partial charge is 0.375 e. The molecule has 1 aromatic carbocycles. The third-order valence-corrected chi connectivity index (χ3v) is 4.45. The first-order chi connectivity index (χ1) is 11.1. The van der Waals surface area contributed by atoms with Gasteiger partial charge in [0.25, 0.3) is 5.56 Å². The number of rotatable bonds is 3. The summed E-state index contributed by atoms with van der Waals surface area (Å²) in [5.74, 6) is 0.0435. The maximum atomic E-state index is 12.4. The van der Waals surface area contributed by atoms with Crippen molar-refractivity contribution in [2.45, 2.75) is 38.8 Å². The van der Waals surface area contributed by atoms with Crippen LogP contribution < -0.4 is 5.56 Å². The van der Waals surface area contributed by atoms with Gasteiger partial charge >= 0.3 is 0 Å². The molecule has 6 nitrogen and oxygen atoms in total. The van der Waals surface area contributed by atoms with Gasteiger partial charge in [-0.05, 0) is 26.0 Å². The zero-order valence-corrected chi connectivity index (χ0v) is 13.4. The molecule has 23 heavy (non-hydrogen) atoms. The molecular formula is C17H21N3O3. The quantitative estimate of drug-likeness (QED) is 0.931. The van der Waals surface area contributed by atoms with E-state index in [0.717, 1.165) is 5.52 Å². The van der Waals surface area contributed by atoms with Gasteiger partial charge in [-0.15, -0.1) is 0 Å². The molecule has 0 aliphatic carbocycles. The highest BCUT2D eigenvalue weighted by molar-refractivity contribution is 5.77. The minimum atomic E-state index is -0.222. The first-order valence-corrected chi connectivity index (χ1v) is 7.95. The van der Waals surface area contributed by atoms with Crippen molar-refractivity contribution < 1.29 is 9.53 Å². The standard InChI is InChI=1S/C17H21N3O3/c1-11-12(2)23-10-9-20(11)16(21)8-7-15-17(22)19-14-6-4-3-5-13(14)18-15/h3-6,11-12H,7-10H2,1-2H3,(H,19,22). The summed E-state index contributed by atoms with van der Waals surface area (Å²) in [6, 6.07) is 7.44. The van der Waals surface area contributed by atoms with Crippen LogP contribution in [0.1, 0.15) is 26.0 Å². The van der Waals surface area contributed by atoms with E-state index >= 15 is 0 Å². The molecule has 2 atom stereocenters. The molecule has 0 radical (unpaired) electrons. The van der Waals surface area contributed by atoms with Gasteiger partial charge in [0.05, 0.1) is 29.8 Å². The number of aryl methyl sites for hydroxylation is 1. The Balaban J connectivity index is 1.71. The fourth-order valence-electron chi connectivity index (χ4n) is 2.89. The topological polar surface area (TPSA) is 75.3 Å². The van der Waals surface area contributed by atoms with E-state index in [1.54, 1.807) is 0 Å². The number of hydrogen-bond donors (Lipinski definition) is 1. The molecule has 2 aromatic rings. The van der Waals surface area contributed by atoms with Gasteiger partial charge in [-0.1, -0.05) is 12.1 Å². The Morgan fingerprint density at radius 3 is 3.00 bits per heavy atom. The van der Waals surface area contributed by atoms with Crippen molar-refractivity contribution in [3.8, 4) is 0 Å². The van der Waals surface area contributed by atoms with E-state index in [4.69, 9.17) is 4.74 Å². The predicted octanol–water partition coefficient (Wildman–Crippen LogP) is 1.49. The number of benzene rings is 1. The SMILES string of the molecule is CC1OCCN(C(=O)CCc2nc3ccccc3[nH]c2=O)C1C. The van der Waals surface area contributed by atoms with E-state index in [0.29, 0.717) is 30.8 Å². The molecule has 6 heteroatoms. The average molecular weight is 315 g/mol. The van der Waals surface area contributed by atoms with Gasteiger partial charge in [-0.25, -0.2) is 4.98 Å². The van der Waals surface area contributed by atoms with Crippen LogP contribution in [0.25, 0.3) is 11.0 Å². The van der Waals surface area contributed by atoms with Crippen LogP contribution in [0, 0.1) is 0 Å². The molecule has 2 heterocycles. The van der Waals surface area contributed by atoms with Crippen LogP contribution >= 0.6 is 0 Å². The summed E-state index contributed by atoms with van der Waals surface area (Å²) in [7, 11) is 0. The third kappa shape index (κ3) is 3.27. The number of para-hydroxylation sites is 2. The lowest BCUT2D eigenvalue weighted by Crippen LogP contribution is -2.51. The summed E-state index contributed by atoms with van der Waals surface area (Å²) in [4.78, 5) is 33.5. The summed E-state index contributed by atoms with van der Waals surface area (Å²) >= 11 is 0. The second-order valence-corrected chi connectivity index (χ2v) is 5.93. The first-order valence-electron chi connectivity index (χ1n) is 7.95. The number of nitrogens with zero attached hydrogens (tertiary/aromatic N) is 2. The number of carbonyl (C=O) groups excluding carboxylic acids is 1. The molecule has 0 bridgehead atoms. The lowest BCUT2D eigenvalue weighted by molar-refractivity contribution is -0.143. The zero-order valence-electron chi connectivity index (χ0n) is 13.4. The molecular weight excluding hydrogens is 294 g/mol. The molecule has 1 N–H and O–H groups in total. The number of fused-ring (bicyclic) bond motifs is 1. The Kier molecular flexibility index (Phi) is 4.43. The van der Waals surface area contributed by atoms with E-state index in [-0.39, 0.29) is 30.0 Å². The van der Waals surface area contributed by atoms with Crippen molar-refractivity contribution in [1.29, 1.82) is 0 Å². The molecule has 1 aliphatic rings. The first kappa shape index (κ1) is 15.7. The number of morpholine rings is 1. The van der Waals surface area contributed by atoms with Gasteiger partial charge in [-0.3, -0.25) is 9.59 Å². The Morgan fingerprint density at radius 1 is 1.39 bits per heavy atom. The predicted molar refractivity (Wildman–Crippen MR) is 87.3 cm³/mol. The number of hydrogen-bond acceptors (Lipinski definition) is 4. The van der Waals surface area contributed by atoms with Crippen molar-refractivity contribution in [2.24, 2.45) is 0 Å². The van der Waals surface area contributed by atoms with Crippen LogP contribution in [0.15, 0.2) is 29.1 Å². The highest BCUT2D eigenvalue weighted by atomic mass is 16.5. The van der Waals surface area contributed by atoms with Gasteiger partial charge in [0.15, 0.2) is 0 Å². The third-order valence-electron chi connectivity index (χ3n) is 4.45. The Hall–Kier alpha value is -2.21. The second kappa shape index (κ2) is 6.50. The number of carbonyl (C=O) groups is 1. The molecule has 1 aromatic heterocycles. The van der Waals surface area contributed by atoms with E-state index in [9.17, 15) is 9.59 Å². The molecule has 122 valence electrons. The molecule has 0 saturated carbocycles. The van der Waals surface area contributed by atoms with Crippen molar-refractivity contribution in [3.05, 3.63) is 40.3 Å². The highest BCUT2D eigenvalue weighted by Crippen LogP contribution is 2.15. The Bertz CT molecular complexity index is 771. The fraction of sp³-hybridized carbons (Fsp3) is 0.471. The van der Waals surface area contributed by atoms with E-state index in [1.165, 1.54) is 0 Å². The van der Waals surface area contributed by atoms with E-state index in [2.05, 4.69) is 9.97 Å². The zero-order chi connectivity index (χ0) is 16.4. The normalized spacial score (nSPS) is 21.6. The van der Waals surface area contributed by atoms with E-state index in [1.807, 2.05) is 43.0 Å². The molecule has 0 spiro atoms. The van der Waals surface area contributed by atoms with Gasteiger partial charge in [0, 0.05) is 19.4 Å². The number of H-pyrrole nitrogens is 1. The maximum absolute atomic E-state index is 12.4. The van der Waals surface area contributed by atoms with Crippen LogP contribution in [0.5, 0.6) is 0 Å². The number of amides is 1. The monoisotopic (exact) mass is 315 g/mol. The summed E-state index contributed by atoms with van der Waals surface area (Å²) in [6.45, 7) is 5.13. The molecule has 1 saturated heterocycles. The van der Waals surface area contributed by atoms with Gasteiger partial charge < -0.3 is 14.6 Å². The lowest BCUT2D eigenvalue weighted by atomic mass is 10.1. The van der Waals surface area contributed by atoms with E-state index < -0.39 is 0 Å². The average Bonchev–Trinajstić information content (AvgIpc) is 2.55. The second-order valence-electron chi connectivity index (χ2n) is 5.93. The number of ether oxygens (including phenoxy) is 1. The van der Waals surface area contributed by atoms with Crippen molar-refractivity contribution in [2.75, 3.05) is 13.2 Å². The van der Waals surface area contributed by atoms with Gasteiger partial charge in [0.1, 0.15) is 5.69 Å². The van der Waals surface area contributed by atoms with Gasteiger partial charge in [-0.2, -0.15) is 0 Å². The minimum absolute atomic E-state index is 0.0369. The smallest absolute Gasteiger partial charge is 0.270 e. The summed E-state index contributed by atoms with van der Waals surface area (Å²) in [5.41, 5.74) is 1.64. The summed E-state index contributed by atoms with van der Waals surface area (Å²) < 4.78 is 5.54. The van der Waals surface area contributed by atoms with Crippen LogP contribution in [-0.4, -0.2) is 46.1 Å². The summed E-state index contributed by atoms with van der Waals surface area (Å²) in [5, 5.41) is 0. The van der Waals surface area contributed by atoms with Crippen molar-refractivity contribution in [3.63, 3.8) is 0 Å².